The van der Waals surface area contributed by atoms with Gasteiger partial charge in [0.05, 0.1) is 6.61 Å². The van der Waals surface area contributed by atoms with Crippen molar-refractivity contribution in [2.75, 3.05) is 20.0 Å². The Labute approximate surface area is 151 Å². The number of methoxy groups -OCH3 is 1. The van der Waals surface area contributed by atoms with Crippen molar-refractivity contribution in [2.45, 2.75) is 36.7 Å². The number of hydrogen-bond acceptors (Lipinski definition) is 7. The topological polar surface area (TPSA) is 107 Å². The second-order valence-corrected chi connectivity index (χ2v) is 8.50. The third-order valence-corrected chi connectivity index (χ3v) is 5.67. The van der Waals surface area contributed by atoms with E-state index in [9.17, 15) is 23.1 Å². The highest BCUT2D eigenvalue weighted by atomic mass is 32.2. The Balaban J connectivity index is 2.17. The molecule has 1 unspecified atom stereocenters. The van der Waals surface area contributed by atoms with Gasteiger partial charge in [0.15, 0.2) is 21.4 Å². The predicted octanol–water partition coefficient (Wildman–Crippen LogP) is 1.63. The van der Waals surface area contributed by atoms with Gasteiger partial charge in [-0.2, -0.15) is 0 Å². The van der Waals surface area contributed by atoms with E-state index >= 15 is 0 Å². The van der Waals surface area contributed by atoms with Gasteiger partial charge in [0.25, 0.3) is 0 Å². The predicted molar refractivity (Wildman–Crippen MR) is 93.0 cm³/mol. The van der Waals surface area contributed by atoms with Crippen LogP contribution in [0.1, 0.15) is 30.4 Å². The van der Waals surface area contributed by atoms with Crippen LogP contribution < -0.4 is 4.74 Å². The van der Waals surface area contributed by atoms with Crippen molar-refractivity contribution in [2.24, 2.45) is 0 Å². The molecule has 3 rings (SSSR count). The molecule has 1 fully saturated rings. The molecule has 1 heterocycles. The normalized spacial score (nSPS) is 20.1. The molecule has 0 bridgehead atoms. The first kappa shape index (κ1) is 18.6. The summed E-state index contributed by atoms with van der Waals surface area (Å²) in [6.45, 7) is 0.243. The Morgan fingerprint density at radius 2 is 1.92 bits per heavy atom. The zero-order chi connectivity index (χ0) is 19.1. The quantitative estimate of drug-likeness (QED) is 0.481. The smallest absolute Gasteiger partial charge is 0.179 e. The fourth-order valence-corrected chi connectivity index (χ4v) is 4.20. The summed E-state index contributed by atoms with van der Waals surface area (Å²) >= 11 is 0. The van der Waals surface area contributed by atoms with Gasteiger partial charge in [0.2, 0.25) is 0 Å². The first-order valence-electron chi connectivity index (χ1n) is 8.25. The first-order valence-corrected chi connectivity index (χ1v) is 10.1. The fourth-order valence-electron chi connectivity index (χ4n) is 3.38. The van der Waals surface area contributed by atoms with Crippen LogP contribution >= 0.6 is 0 Å². The third-order valence-electron chi connectivity index (χ3n) is 4.55. The van der Waals surface area contributed by atoms with Gasteiger partial charge >= 0.3 is 0 Å². The molecule has 2 aliphatic rings. The number of carbonyl (C=O) groups excluding carboxylic acids is 2. The minimum atomic E-state index is -3.55. The van der Waals surface area contributed by atoms with Crippen LogP contribution in [0.5, 0.6) is 5.75 Å². The highest BCUT2D eigenvalue weighted by molar-refractivity contribution is 7.90. The molecular formula is C18H20O7S. The molecule has 140 valence electrons. The number of aliphatic hydroxyl groups is 1. The van der Waals surface area contributed by atoms with Crippen molar-refractivity contribution in [3.8, 4) is 5.75 Å². The molecule has 8 heteroatoms. The van der Waals surface area contributed by atoms with Gasteiger partial charge in [0.1, 0.15) is 28.1 Å². The molecule has 26 heavy (non-hydrogen) atoms. The molecular weight excluding hydrogens is 360 g/mol. The maximum absolute atomic E-state index is 12.1. The van der Waals surface area contributed by atoms with Crippen LogP contribution in [0.4, 0.5) is 0 Å². The summed E-state index contributed by atoms with van der Waals surface area (Å²) in [5.41, 5.74) is 0.511. The van der Waals surface area contributed by atoms with Gasteiger partial charge in [-0.3, -0.25) is 9.59 Å². The van der Waals surface area contributed by atoms with E-state index in [-0.39, 0.29) is 41.2 Å². The number of benzene rings is 1. The second-order valence-electron chi connectivity index (χ2n) is 6.51. The molecule has 0 saturated heterocycles. The minimum absolute atomic E-state index is 0.00829. The Kier molecular flexibility index (Phi) is 4.90. The Morgan fingerprint density at radius 1 is 1.27 bits per heavy atom. The van der Waals surface area contributed by atoms with E-state index in [1.807, 2.05) is 0 Å². The number of sulfone groups is 1. The van der Waals surface area contributed by atoms with Gasteiger partial charge in [0, 0.05) is 43.8 Å². The van der Waals surface area contributed by atoms with Crippen LogP contribution in [0.2, 0.25) is 0 Å². The lowest BCUT2D eigenvalue weighted by atomic mass is 9.88. The lowest BCUT2D eigenvalue weighted by Crippen LogP contribution is -2.21. The van der Waals surface area contributed by atoms with E-state index in [1.54, 1.807) is 0 Å². The average molecular weight is 380 g/mol. The lowest BCUT2D eigenvalue weighted by molar-refractivity contribution is -0.123. The van der Waals surface area contributed by atoms with Gasteiger partial charge in [-0.25, -0.2) is 8.42 Å². The molecule has 1 aromatic rings. The van der Waals surface area contributed by atoms with Gasteiger partial charge in [-0.15, -0.1) is 0 Å². The maximum atomic E-state index is 12.1. The fraction of sp³-hybridized carbons (Fsp3) is 0.444. The number of allylic oxidation sites excluding steroid dienone is 1. The third kappa shape index (κ3) is 3.26. The molecule has 0 radical (unpaired) electrons. The van der Waals surface area contributed by atoms with E-state index in [1.165, 1.54) is 19.2 Å². The first-order chi connectivity index (χ1) is 12.2. The summed E-state index contributed by atoms with van der Waals surface area (Å²) in [6.07, 6.45) is 1.85. The highest BCUT2D eigenvalue weighted by Gasteiger charge is 2.34. The zero-order valence-corrected chi connectivity index (χ0v) is 15.4. The van der Waals surface area contributed by atoms with E-state index in [0.717, 1.165) is 6.26 Å². The number of hydrogen-bond donors (Lipinski definition) is 1. The number of Topliss-reactive ketones (excluding diaryl/α,β-unsaturated/α-hetero) is 2. The van der Waals surface area contributed by atoms with Crippen LogP contribution in [-0.4, -0.2) is 51.2 Å². The highest BCUT2D eigenvalue weighted by Crippen LogP contribution is 2.40. The van der Waals surface area contributed by atoms with Crippen molar-refractivity contribution in [3.05, 3.63) is 28.8 Å². The standard InChI is InChI=1S/C18H20O7S/c1-24-9-10-8-12-11(6-7-15(18(12)25-10)26(2,22)23)17(21)16-13(19)4-3-5-14(16)20/h6-7,10,21H,3-5,8-9H2,1-2H3. The second kappa shape index (κ2) is 6.85. The summed E-state index contributed by atoms with van der Waals surface area (Å²) in [5, 5.41) is 10.7. The van der Waals surface area contributed by atoms with Crippen LogP contribution in [-0.2, 0) is 30.6 Å². The van der Waals surface area contributed by atoms with E-state index in [0.29, 0.717) is 18.4 Å². The molecule has 0 spiro atoms. The summed E-state index contributed by atoms with van der Waals surface area (Å²) in [4.78, 5) is 24.3. The van der Waals surface area contributed by atoms with Crippen molar-refractivity contribution >= 4 is 27.2 Å². The van der Waals surface area contributed by atoms with Crippen molar-refractivity contribution in [1.29, 1.82) is 0 Å². The van der Waals surface area contributed by atoms with Gasteiger partial charge < -0.3 is 14.6 Å². The Morgan fingerprint density at radius 3 is 2.50 bits per heavy atom. The summed E-state index contributed by atoms with van der Waals surface area (Å²) in [5.74, 6) is -1.05. The number of aliphatic hydroxyl groups excluding tert-OH is 1. The Bertz CT molecular complexity index is 894. The molecule has 1 aliphatic carbocycles. The van der Waals surface area contributed by atoms with E-state index < -0.39 is 33.3 Å². The summed E-state index contributed by atoms with van der Waals surface area (Å²) in [7, 11) is -2.05. The van der Waals surface area contributed by atoms with Crippen LogP contribution in [0.3, 0.4) is 0 Å². The number of rotatable bonds is 4. The maximum Gasteiger partial charge on any atom is 0.179 e. The van der Waals surface area contributed by atoms with E-state index in [4.69, 9.17) is 9.47 Å². The molecule has 1 aromatic carbocycles. The largest absolute Gasteiger partial charge is 0.506 e. The molecule has 1 atom stereocenters. The molecule has 1 saturated carbocycles. The molecule has 1 aliphatic heterocycles. The minimum Gasteiger partial charge on any atom is -0.506 e. The average Bonchev–Trinajstić information content (AvgIpc) is 2.96. The van der Waals surface area contributed by atoms with Gasteiger partial charge in [-0.1, -0.05) is 0 Å². The summed E-state index contributed by atoms with van der Waals surface area (Å²) in [6, 6.07) is 2.75. The summed E-state index contributed by atoms with van der Waals surface area (Å²) < 4.78 is 34.9. The van der Waals surface area contributed by atoms with Crippen molar-refractivity contribution < 1.29 is 32.6 Å². The molecule has 7 nitrogen and oxygen atoms in total. The monoisotopic (exact) mass is 380 g/mol. The number of ketones is 2. The number of ether oxygens (including phenoxy) is 2. The number of carbonyl (C=O) groups is 2. The Hall–Kier alpha value is -2.19. The molecule has 0 amide bonds. The van der Waals surface area contributed by atoms with Crippen molar-refractivity contribution in [1.82, 2.24) is 0 Å². The van der Waals surface area contributed by atoms with Crippen LogP contribution in [0.25, 0.3) is 5.76 Å². The molecule has 0 aromatic heterocycles. The zero-order valence-electron chi connectivity index (χ0n) is 14.6. The number of fused-ring (bicyclic) bond motifs is 1. The van der Waals surface area contributed by atoms with Crippen molar-refractivity contribution in [3.63, 3.8) is 0 Å². The lowest BCUT2D eigenvalue weighted by Gasteiger charge is -2.16. The SMILES string of the molecule is COCC1Cc2c(C(O)=C3C(=O)CCCC3=O)ccc(S(C)(=O)=O)c2O1. The van der Waals surface area contributed by atoms with Crippen LogP contribution in [0.15, 0.2) is 22.6 Å². The van der Waals surface area contributed by atoms with E-state index in [2.05, 4.69) is 0 Å². The molecule has 1 N–H and O–H groups in total. The van der Waals surface area contributed by atoms with Crippen LogP contribution in [0, 0.1) is 0 Å². The van der Waals surface area contributed by atoms with Gasteiger partial charge in [-0.05, 0) is 18.6 Å².